The van der Waals surface area contributed by atoms with Crippen LogP contribution in [0.5, 0.6) is 0 Å². The Morgan fingerprint density at radius 2 is 2.18 bits per heavy atom. The largest absolute Gasteiger partial charge is 0.356 e. The third-order valence-corrected chi connectivity index (χ3v) is 5.55. The summed E-state index contributed by atoms with van der Waals surface area (Å²) in [6.07, 6.45) is 4.93. The van der Waals surface area contributed by atoms with Gasteiger partial charge in [-0.3, -0.25) is 4.99 Å². The van der Waals surface area contributed by atoms with Crippen molar-refractivity contribution in [2.45, 2.75) is 25.3 Å². The fourth-order valence-corrected chi connectivity index (χ4v) is 3.90. The standard InChI is InChI=1S/C20H34FN7/c1-22-20(24-9-4-11-27-12-5-10-26(2)14-15-27)25-17-7-13-28(16-17)19-18(21)6-3-8-23-19/h3,6,8,17H,4-5,7,9-16H2,1-2H3,(H2,22,24,25). The van der Waals surface area contributed by atoms with E-state index in [9.17, 15) is 4.39 Å². The number of aliphatic imine (C=N–C) groups is 1. The van der Waals surface area contributed by atoms with E-state index in [1.54, 1.807) is 19.3 Å². The summed E-state index contributed by atoms with van der Waals surface area (Å²) in [7, 11) is 4.00. The maximum Gasteiger partial charge on any atom is 0.191 e. The van der Waals surface area contributed by atoms with Crippen molar-refractivity contribution < 1.29 is 4.39 Å². The van der Waals surface area contributed by atoms with Crippen molar-refractivity contribution in [3.8, 4) is 0 Å². The van der Waals surface area contributed by atoms with Gasteiger partial charge in [0, 0.05) is 52.0 Å². The lowest BCUT2D eigenvalue weighted by Crippen LogP contribution is -2.45. The monoisotopic (exact) mass is 391 g/mol. The van der Waals surface area contributed by atoms with Gasteiger partial charge in [-0.15, -0.1) is 0 Å². The van der Waals surface area contributed by atoms with E-state index in [-0.39, 0.29) is 11.9 Å². The zero-order valence-corrected chi connectivity index (χ0v) is 17.2. The minimum absolute atomic E-state index is 0.244. The molecule has 156 valence electrons. The number of rotatable bonds is 6. The van der Waals surface area contributed by atoms with E-state index in [1.807, 2.05) is 4.90 Å². The maximum absolute atomic E-state index is 13.9. The Kier molecular flexibility index (Phi) is 7.85. The molecule has 1 unspecified atom stereocenters. The summed E-state index contributed by atoms with van der Waals surface area (Å²) < 4.78 is 13.9. The van der Waals surface area contributed by atoms with E-state index in [0.717, 1.165) is 58.1 Å². The van der Waals surface area contributed by atoms with Crippen LogP contribution in [-0.2, 0) is 0 Å². The van der Waals surface area contributed by atoms with Gasteiger partial charge in [-0.05, 0) is 58.1 Å². The molecule has 0 aliphatic carbocycles. The number of pyridine rings is 1. The zero-order valence-electron chi connectivity index (χ0n) is 17.2. The molecule has 2 aliphatic rings. The first kappa shape index (κ1) is 20.8. The predicted octanol–water partition coefficient (Wildman–Crippen LogP) is 0.992. The van der Waals surface area contributed by atoms with E-state index in [0.29, 0.717) is 5.82 Å². The Morgan fingerprint density at radius 3 is 3.00 bits per heavy atom. The Bertz CT molecular complexity index is 639. The fourth-order valence-electron chi connectivity index (χ4n) is 3.90. The molecule has 2 saturated heterocycles. The highest BCUT2D eigenvalue weighted by atomic mass is 19.1. The molecule has 0 saturated carbocycles. The molecule has 0 spiro atoms. The minimum atomic E-state index is -0.259. The van der Waals surface area contributed by atoms with Crippen LogP contribution >= 0.6 is 0 Å². The van der Waals surface area contributed by atoms with Gasteiger partial charge in [0.1, 0.15) is 0 Å². The van der Waals surface area contributed by atoms with Gasteiger partial charge in [0.25, 0.3) is 0 Å². The topological polar surface area (TPSA) is 59.0 Å². The Balaban J connectivity index is 1.36. The third-order valence-electron chi connectivity index (χ3n) is 5.55. The molecule has 28 heavy (non-hydrogen) atoms. The van der Waals surface area contributed by atoms with Crippen molar-refractivity contribution in [3.05, 3.63) is 24.1 Å². The van der Waals surface area contributed by atoms with Crippen LogP contribution in [-0.4, -0.2) is 93.2 Å². The number of hydrogen-bond acceptors (Lipinski definition) is 5. The third kappa shape index (κ3) is 6.04. The molecule has 0 aromatic carbocycles. The van der Waals surface area contributed by atoms with E-state index >= 15 is 0 Å². The number of nitrogens with zero attached hydrogens (tertiary/aromatic N) is 5. The highest BCUT2D eigenvalue weighted by Gasteiger charge is 2.25. The van der Waals surface area contributed by atoms with Crippen molar-refractivity contribution in [2.75, 3.05) is 71.4 Å². The maximum atomic E-state index is 13.9. The summed E-state index contributed by atoms with van der Waals surface area (Å²) in [5.41, 5.74) is 0. The van der Waals surface area contributed by atoms with Crippen LogP contribution < -0.4 is 15.5 Å². The summed E-state index contributed by atoms with van der Waals surface area (Å²) >= 11 is 0. The molecule has 2 N–H and O–H groups in total. The van der Waals surface area contributed by atoms with Crippen LogP contribution in [0.4, 0.5) is 10.2 Å². The number of aromatic nitrogens is 1. The molecule has 0 amide bonds. The molecule has 1 atom stereocenters. The molecule has 3 heterocycles. The summed E-state index contributed by atoms with van der Waals surface area (Å²) in [5, 5.41) is 6.89. The number of anilines is 1. The Morgan fingerprint density at radius 1 is 1.29 bits per heavy atom. The van der Waals surface area contributed by atoms with Crippen LogP contribution in [0.1, 0.15) is 19.3 Å². The van der Waals surface area contributed by atoms with Crippen LogP contribution in [0.25, 0.3) is 0 Å². The molecule has 3 rings (SSSR count). The van der Waals surface area contributed by atoms with Gasteiger partial charge in [-0.1, -0.05) is 0 Å². The van der Waals surface area contributed by atoms with Gasteiger partial charge in [-0.2, -0.15) is 0 Å². The predicted molar refractivity (Wildman–Crippen MR) is 112 cm³/mol. The average Bonchev–Trinajstić information content (AvgIpc) is 3.06. The van der Waals surface area contributed by atoms with E-state index < -0.39 is 0 Å². The summed E-state index contributed by atoms with van der Waals surface area (Å²) in [6.45, 7) is 8.26. The van der Waals surface area contributed by atoms with Gasteiger partial charge in [-0.25, -0.2) is 9.37 Å². The SMILES string of the molecule is CN=C(NCCCN1CCCN(C)CC1)NC1CCN(c2ncccc2F)C1. The van der Waals surface area contributed by atoms with Crippen molar-refractivity contribution in [3.63, 3.8) is 0 Å². The molecule has 1 aromatic rings. The molecule has 1 aromatic heterocycles. The fraction of sp³-hybridized carbons (Fsp3) is 0.700. The van der Waals surface area contributed by atoms with Crippen molar-refractivity contribution in [1.82, 2.24) is 25.4 Å². The Hall–Kier alpha value is -1.93. The smallest absolute Gasteiger partial charge is 0.191 e. The molecular weight excluding hydrogens is 357 g/mol. The number of likely N-dealkylation sites (N-methyl/N-ethyl adjacent to an activating group) is 1. The van der Waals surface area contributed by atoms with Gasteiger partial charge in [0.05, 0.1) is 0 Å². The lowest BCUT2D eigenvalue weighted by molar-refractivity contribution is 0.274. The van der Waals surface area contributed by atoms with E-state index in [2.05, 4.69) is 37.5 Å². The summed E-state index contributed by atoms with van der Waals surface area (Å²) in [5.74, 6) is 1.01. The van der Waals surface area contributed by atoms with Gasteiger partial charge >= 0.3 is 0 Å². The van der Waals surface area contributed by atoms with Crippen molar-refractivity contribution >= 4 is 11.8 Å². The summed E-state index contributed by atoms with van der Waals surface area (Å²) in [4.78, 5) is 15.5. The van der Waals surface area contributed by atoms with Crippen molar-refractivity contribution in [1.29, 1.82) is 0 Å². The summed E-state index contributed by atoms with van der Waals surface area (Å²) in [6, 6.07) is 3.33. The molecule has 8 heteroatoms. The molecular formula is C20H34FN7. The van der Waals surface area contributed by atoms with Crippen LogP contribution in [0.2, 0.25) is 0 Å². The highest BCUT2D eigenvalue weighted by Crippen LogP contribution is 2.20. The van der Waals surface area contributed by atoms with Crippen LogP contribution in [0.3, 0.4) is 0 Å². The van der Waals surface area contributed by atoms with Crippen molar-refractivity contribution in [2.24, 2.45) is 4.99 Å². The minimum Gasteiger partial charge on any atom is -0.356 e. The lowest BCUT2D eigenvalue weighted by atomic mass is 10.3. The number of hydrogen-bond donors (Lipinski definition) is 2. The Labute approximate surface area is 168 Å². The number of halogens is 1. The second kappa shape index (κ2) is 10.6. The van der Waals surface area contributed by atoms with Gasteiger partial charge in [0.2, 0.25) is 0 Å². The van der Waals surface area contributed by atoms with Gasteiger partial charge < -0.3 is 25.3 Å². The molecule has 2 aliphatic heterocycles. The second-order valence-electron chi connectivity index (χ2n) is 7.74. The van der Waals surface area contributed by atoms with E-state index in [1.165, 1.54) is 25.6 Å². The molecule has 0 radical (unpaired) electrons. The molecule has 0 bridgehead atoms. The highest BCUT2D eigenvalue weighted by molar-refractivity contribution is 5.80. The first-order valence-electron chi connectivity index (χ1n) is 10.4. The number of nitrogens with one attached hydrogen (secondary N) is 2. The normalized spacial score (nSPS) is 22.3. The van der Waals surface area contributed by atoms with E-state index in [4.69, 9.17) is 0 Å². The first-order valence-corrected chi connectivity index (χ1v) is 10.4. The first-order chi connectivity index (χ1) is 13.7. The lowest BCUT2D eigenvalue weighted by Gasteiger charge is -2.21. The van der Waals surface area contributed by atoms with Crippen LogP contribution in [0.15, 0.2) is 23.3 Å². The molecule has 2 fully saturated rings. The molecule has 7 nitrogen and oxygen atoms in total. The quantitative estimate of drug-likeness (QED) is 0.429. The number of guanidine groups is 1. The second-order valence-corrected chi connectivity index (χ2v) is 7.74. The zero-order chi connectivity index (χ0) is 19.8. The van der Waals surface area contributed by atoms with Gasteiger partial charge in [0.15, 0.2) is 17.6 Å². The van der Waals surface area contributed by atoms with Crippen LogP contribution in [0, 0.1) is 5.82 Å². The average molecular weight is 392 g/mol.